The van der Waals surface area contributed by atoms with Crippen molar-refractivity contribution < 1.29 is 4.42 Å². The average Bonchev–Trinajstić information content (AvgIpc) is 2.79. The van der Waals surface area contributed by atoms with Crippen molar-refractivity contribution in [2.24, 2.45) is 0 Å². The maximum Gasteiger partial charge on any atom is 0.247 e. The van der Waals surface area contributed by atoms with Crippen LogP contribution in [0.15, 0.2) is 47.0 Å². The van der Waals surface area contributed by atoms with E-state index in [1.54, 1.807) is 6.20 Å². The van der Waals surface area contributed by atoms with Gasteiger partial charge in [-0.15, -0.1) is 0 Å². The van der Waals surface area contributed by atoms with Crippen LogP contribution in [0.5, 0.6) is 0 Å². The Morgan fingerprint density at radius 1 is 1.11 bits per heavy atom. The zero-order valence-corrected chi connectivity index (χ0v) is 10.00. The Morgan fingerprint density at radius 2 is 1.94 bits per heavy atom. The quantitative estimate of drug-likeness (QED) is 0.681. The third-order valence-electron chi connectivity index (χ3n) is 2.62. The molecule has 0 aliphatic heterocycles. The Balaban J connectivity index is 1.93. The van der Waals surface area contributed by atoms with Crippen LogP contribution in [0.25, 0.3) is 23.4 Å². The van der Waals surface area contributed by atoms with Crippen LogP contribution in [0.3, 0.4) is 0 Å². The van der Waals surface area contributed by atoms with Gasteiger partial charge in [0, 0.05) is 12.3 Å². The van der Waals surface area contributed by atoms with Crippen molar-refractivity contribution in [3.8, 4) is 0 Å². The van der Waals surface area contributed by atoms with Crippen molar-refractivity contribution in [2.75, 3.05) is 0 Å². The summed E-state index contributed by atoms with van der Waals surface area (Å²) in [7, 11) is 0. The van der Waals surface area contributed by atoms with Gasteiger partial charge in [-0.1, -0.05) is 30.3 Å². The number of aryl methyl sites for hydroxylation is 1. The minimum Gasteiger partial charge on any atom is -0.418 e. The lowest BCUT2D eigenvalue weighted by Gasteiger charge is -1.88. The molecule has 0 N–H and O–H groups in total. The number of aromatic nitrogens is 2. The number of benzene rings is 1. The molecule has 0 bridgehead atoms. The normalized spacial score (nSPS) is 11.4. The summed E-state index contributed by atoms with van der Waals surface area (Å²) in [5.74, 6) is 0.576. The highest BCUT2D eigenvalue weighted by molar-refractivity contribution is 5.73. The van der Waals surface area contributed by atoms with Crippen LogP contribution in [-0.4, -0.2) is 9.97 Å². The second-order valence-electron chi connectivity index (χ2n) is 4.13. The first kappa shape index (κ1) is 10.7. The Morgan fingerprint density at radius 3 is 2.78 bits per heavy atom. The molecule has 3 rings (SSSR count). The first-order valence-corrected chi connectivity index (χ1v) is 5.77. The monoisotopic (exact) mass is 236 g/mol. The van der Waals surface area contributed by atoms with Crippen LogP contribution in [0, 0.1) is 6.92 Å². The molecule has 0 radical (unpaired) electrons. The Bertz CT molecular complexity index is 699. The fourth-order valence-electron chi connectivity index (χ4n) is 1.74. The summed E-state index contributed by atoms with van der Waals surface area (Å²) in [6.45, 7) is 1.99. The summed E-state index contributed by atoms with van der Waals surface area (Å²) in [6, 6.07) is 12.0. The molecule has 3 nitrogen and oxygen atoms in total. The van der Waals surface area contributed by atoms with E-state index in [0.717, 1.165) is 16.6 Å². The number of rotatable bonds is 2. The van der Waals surface area contributed by atoms with Crippen molar-refractivity contribution in [2.45, 2.75) is 6.92 Å². The fourth-order valence-corrected chi connectivity index (χ4v) is 1.74. The maximum atomic E-state index is 5.54. The standard InChI is InChI=1S/C15H12N2O/c1-11-9-13-15(16-10-11)18-14(17-13)8-7-12-5-3-2-4-6-12/h2-10H,1H3/b8-7+. The molecule has 0 unspecified atom stereocenters. The highest BCUT2D eigenvalue weighted by atomic mass is 16.4. The number of pyridine rings is 1. The molecule has 0 spiro atoms. The molecular weight excluding hydrogens is 224 g/mol. The minimum atomic E-state index is 0.576. The van der Waals surface area contributed by atoms with Crippen LogP contribution in [-0.2, 0) is 0 Å². The highest BCUT2D eigenvalue weighted by Crippen LogP contribution is 2.16. The lowest BCUT2D eigenvalue weighted by Crippen LogP contribution is -1.76. The second-order valence-corrected chi connectivity index (χ2v) is 4.13. The first-order valence-electron chi connectivity index (χ1n) is 5.77. The number of hydrogen-bond acceptors (Lipinski definition) is 3. The molecule has 0 atom stereocenters. The topological polar surface area (TPSA) is 38.9 Å². The van der Waals surface area contributed by atoms with E-state index < -0.39 is 0 Å². The van der Waals surface area contributed by atoms with E-state index in [9.17, 15) is 0 Å². The molecular formula is C15H12N2O. The molecule has 2 aromatic heterocycles. The summed E-state index contributed by atoms with van der Waals surface area (Å²) in [5, 5.41) is 0. The SMILES string of the molecule is Cc1cnc2oc(/C=C/c3ccccc3)nc2c1. The van der Waals surface area contributed by atoms with Crippen molar-refractivity contribution in [1.29, 1.82) is 0 Å². The van der Waals surface area contributed by atoms with Crippen LogP contribution in [0.4, 0.5) is 0 Å². The van der Waals surface area contributed by atoms with E-state index in [1.807, 2.05) is 55.5 Å². The number of nitrogens with zero attached hydrogens (tertiary/aromatic N) is 2. The van der Waals surface area contributed by atoms with Gasteiger partial charge in [0.05, 0.1) is 0 Å². The zero-order chi connectivity index (χ0) is 12.4. The molecule has 2 heterocycles. The summed E-state index contributed by atoms with van der Waals surface area (Å²) < 4.78 is 5.54. The van der Waals surface area contributed by atoms with Crippen LogP contribution in [0.2, 0.25) is 0 Å². The highest BCUT2D eigenvalue weighted by Gasteiger charge is 2.03. The smallest absolute Gasteiger partial charge is 0.247 e. The Hall–Kier alpha value is -2.42. The molecule has 0 saturated heterocycles. The van der Waals surface area contributed by atoms with Gasteiger partial charge in [-0.3, -0.25) is 0 Å². The lowest BCUT2D eigenvalue weighted by molar-refractivity contribution is 0.578. The Labute approximate surface area is 105 Å². The predicted octanol–water partition coefficient (Wildman–Crippen LogP) is 3.70. The molecule has 0 amide bonds. The molecule has 1 aromatic carbocycles. The van der Waals surface area contributed by atoms with Crippen molar-refractivity contribution >= 4 is 23.4 Å². The summed E-state index contributed by atoms with van der Waals surface area (Å²) in [6.07, 6.45) is 5.60. The minimum absolute atomic E-state index is 0.576. The fraction of sp³-hybridized carbons (Fsp3) is 0.0667. The molecule has 3 aromatic rings. The number of hydrogen-bond donors (Lipinski definition) is 0. The van der Waals surface area contributed by atoms with E-state index in [1.165, 1.54) is 0 Å². The van der Waals surface area contributed by atoms with Gasteiger partial charge in [-0.25, -0.2) is 9.97 Å². The van der Waals surface area contributed by atoms with Crippen LogP contribution < -0.4 is 0 Å². The summed E-state index contributed by atoms with van der Waals surface area (Å²) in [5.41, 5.74) is 3.56. The molecule has 0 saturated carbocycles. The maximum absolute atomic E-state index is 5.54. The van der Waals surface area contributed by atoms with Gasteiger partial charge in [0.2, 0.25) is 11.6 Å². The molecule has 0 aliphatic carbocycles. The number of fused-ring (bicyclic) bond motifs is 1. The molecule has 3 heteroatoms. The van der Waals surface area contributed by atoms with Crippen LogP contribution in [0.1, 0.15) is 17.0 Å². The zero-order valence-electron chi connectivity index (χ0n) is 10.00. The van der Waals surface area contributed by atoms with Gasteiger partial charge < -0.3 is 4.42 Å². The average molecular weight is 236 g/mol. The van der Waals surface area contributed by atoms with Crippen molar-refractivity contribution in [1.82, 2.24) is 9.97 Å². The van der Waals surface area contributed by atoms with Gasteiger partial charge in [0.15, 0.2) is 0 Å². The molecule has 0 fully saturated rings. The molecule has 88 valence electrons. The molecule has 0 aliphatic rings. The Kier molecular flexibility index (Phi) is 2.65. The van der Waals surface area contributed by atoms with Crippen LogP contribution >= 0.6 is 0 Å². The van der Waals surface area contributed by atoms with E-state index >= 15 is 0 Å². The third kappa shape index (κ3) is 2.15. The predicted molar refractivity (Wildman–Crippen MR) is 71.9 cm³/mol. The molecule has 18 heavy (non-hydrogen) atoms. The van der Waals surface area contributed by atoms with Gasteiger partial charge in [0.25, 0.3) is 0 Å². The van der Waals surface area contributed by atoms with E-state index in [0.29, 0.717) is 11.6 Å². The third-order valence-corrected chi connectivity index (χ3v) is 2.62. The van der Waals surface area contributed by atoms with Gasteiger partial charge in [-0.05, 0) is 30.2 Å². The van der Waals surface area contributed by atoms with E-state index in [2.05, 4.69) is 9.97 Å². The van der Waals surface area contributed by atoms with E-state index in [-0.39, 0.29) is 0 Å². The summed E-state index contributed by atoms with van der Waals surface area (Å²) >= 11 is 0. The number of oxazole rings is 1. The van der Waals surface area contributed by atoms with Gasteiger partial charge in [-0.2, -0.15) is 0 Å². The van der Waals surface area contributed by atoms with E-state index in [4.69, 9.17) is 4.42 Å². The van der Waals surface area contributed by atoms with Gasteiger partial charge in [0.1, 0.15) is 5.52 Å². The lowest BCUT2D eigenvalue weighted by atomic mass is 10.2. The first-order chi connectivity index (χ1) is 8.81. The summed E-state index contributed by atoms with van der Waals surface area (Å²) in [4.78, 5) is 8.57. The second kappa shape index (κ2) is 4.45. The van der Waals surface area contributed by atoms with Crippen molar-refractivity contribution in [3.63, 3.8) is 0 Å². The van der Waals surface area contributed by atoms with Gasteiger partial charge >= 0.3 is 0 Å². The largest absolute Gasteiger partial charge is 0.418 e. The van der Waals surface area contributed by atoms with Crippen molar-refractivity contribution in [3.05, 3.63) is 59.6 Å².